The van der Waals surface area contributed by atoms with Gasteiger partial charge in [0.15, 0.2) is 0 Å². The number of hydrogen-bond donors (Lipinski definition) is 0. The van der Waals surface area contributed by atoms with Crippen molar-refractivity contribution in [2.45, 2.75) is 19.5 Å². The van der Waals surface area contributed by atoms with Crippen LogP contribution in [-0.4, -0.2) is 35.3 Å². The molecule has 2 saturated heterocycles. The summed E-state index contributed by atoms with van der Waals surface area (Å²) >= 11 is 6.20. The minimum Gasteiger partial charge on any atom is -0.335 e. The minimum atomic E-state index is -0.307. The molecule has 2 aromatic carbocycles. The summed E-state index contributed by atoms with van der Waals surface area (Å²) in [6.07, 6.45) is 0. The molecule has 2 fully saturated rings. The van der Waals surface area contributed by atoms with Gasteiger partial charge in [-0.15, -0.1) is 0 Å². The van der Waals surface area contributed by atoms with Gasteiger partial charge in [-0.25, -0.2) is 4.39 Å². The molecule has 4 rings (SSSR count). The van der Waals surface area contributed by atoms with E-state index in [0.29, 0.717) is 23.4 Å². The van der Waals surface area contributed by atoms with E-state index in [-0.39, 0.29) is 17.8 Å². The number of hydrogen-bond acceptors (Lipinski definition) is 2. The zero-order valence-electron chi connectivity index (χ0n) is 14.7. The third-order valence-corrected chi connectivity index (χ3v) is 6.05. The van der Waals surface area contributed by atoms with Gasteiger partial charge < -0.3 is 4.90 Å². The van der Waals surface area contributed by atoms with Crippen LogP contribution in [0.2, 0.25) is 5.02 Å². The summed E-state index contributed by atoms with van der Waals surface area (Å²) in [6, 6.07) is 15.0. The molecule has 2 aliphatic heterocycles. The Labute approximate surface area is 158 Å². The number of amides is 1. The first kappa shape index (κ1) is 17.5. The predicted octanol–water partition coefficient (Wildman–Crippen LogP) is 4.13. The Morgan fingerprint density at radius 3 is 2.62 bits per heavy atom. The quantitative estimate of drug-likeness (QED) is 0.808. The van der Waals surface area contributed by atoms with Crippen LogP contribution >= 0.6 is 11.6 Å². The summed E-state index contributed by atoms with van der Waals surface area (Å²) in [5, 5.41) is 0.479. The third-order valence-electron chi connectivity index (χ3n) is 5.69. The number of nitrogens with zero attached hydrogens (tertiary/aromatic N) is 2. The van der Waals surface area contributed by atoms with Gasteiger partial charge in [0.05, 0.1) is 6.04 Å². The van der Waals surface area contributed by atoms with Crippen molar-refractivity contribution in [1.29, 1.82) is 0 Å². The van der Waals surface area contributed by atoms with Gasteiger partial charge in [0.2, 0.25) is 5.91 Å². The molecule has 0 radical (unpaired) electrons. The van der Waals surface area contributed by atoms with Gasteiger partial charge in [-0.3, -0.25) is 9.69 Å². The van der Waals surface area contributed by atoms with E-state index in [1.54, 1.807) is 13.0 Å². The van der Waals surface area contributed by atoms with Gasteiger partial charge in [0.25, 0.3) is 0 Å². The molecule has 1 amide bonds. The average Bonchev–Trinajstić information content (AvgIpc) is 3.15. The lowest BCUT2D eigenvalue weighted by atomic mass is 9.89. The van der Waals surface area contributed by atoms with E-state index in [2.05, 4.69) is 17.0 Å². The molecule has 26 heavy (non-hydrogen) atoms. The van der Waals surface area contributed by atoms with Crippen molar-refractivity contribution in [2.75, 3.05) is 19.6 Å². The van der Waals surface area contributed by atoms with Crippen molar-refractivity contribution in [3.8, 4) is 0 Å². The molecule has 0 aliphatic carbocycles. The van der Waals surface area contributed by atoms with Crippen LogP contribution in [0.1, 0.15) is 24.1 Å². The van der Waals surface area contributed by atoms with Gasteiger partial charge in [0.1, 0.15) is 5.82 Å². The lowest BCUT2D eigenvalue weighted by Crippen LogP contribution is -2.34. The van der Waals surface area contributed by atoms with E-state index < -0.39 is 0 Å². The smallest absolute Gasteiger partial charge is 0.219 e. The molecule has 0 saturated carbocycles. The molecule has 2 aliphatic rings. The van der Waals surface area contributed by atoms with E-state index in [1.165, 1.54) is 17.7 Å². The molecule has 136 valence electrons. The number of fused-ring (bicyclic) bond motifs is 1. The van der Waals surface area contributed by atoms with Crippen molar-refractivity contribution < 1.29 is 9.18 Å². The maximum atomic E-state index is 13.3. The first-order valence-electron chi connectivity index (χ1n) is 9.01. The zero-order chi connectivity index (χ0) is 18.3. The molecule has 2 aromatic rings. The van der Waals surface area contributed by atoms with Crippen LogP contribution in [0.3, 0.4) is 0 Å². The Kier molecular flexibility index (Phi) is 4.72. The summed E-state index contributed by atoms with van der Waals surface area (Å²) in [7, 11) is 0. The highest BCUT2D eigenvalue weighted by Crippen LogP contribution is 2.45. The molecule has 0 aromatic heterocycles. The van der Waals surface area contributed by atoms with E-state index in [9.17, 15) is 9.18 Å². The number of likely N-dealkylation sites (tertiary alicyclic amines) is 2. The van der Waals surface area contributed by atoms with Gasteiger partial charge in [-0.05, 0) is 29.2 Å². The van der Waals surface area contributed by atoms with Gasteiger partial charge in [0, 0.05) is 44.0 Å². The molecule has 3 atom stereocenters. The number of carbonyl (C=O) groups excluding carboxylic acids is 1. The molecule has 5 heteroatoms. The van der Waals surface area contributed by atoms with Crippen LogP contribution in [0.5, 0.6) is 0 Å². The highest BCUT2D eigenvalue weighted by atomic mass is 35.5. The lowest BCUT2D eigenvalue weighted by molar-refractivity contribution is -0.130. The van der Waals surface area contributed by atoms with Crippen molar-refractivity contribution >= 4 is 17.5 Å². The average molecular weight is 373 g/mol. The Morgan fingerprint density at radius 1 is 1.15 bits per heavy atom. The number of carbonyl (C=O) groups is 1. The molecular weight excluding hydrogens is 351 g/mol. The Bertz CT molecular complexity index is 813. The van der Waals surface area contributed by atoms with Crippen LogP contribution < -0.4 is 0 Å². The maximum Gasteiger partial charge on any atom is 0.219 e. The third kappa shape index (κ3) is 3.24. The minimum absolute atomic E-state index is 0.132. The molecular formula is C21H22ClFN2O. The second-order valence-electron chi connectivity index (χ2n) is 7.38. The summed E-state index contributed by atoms with van der Waals surface area (Å²) in [5.41, 5.74) is 2.16. The Balaban J connectivity index is 1.54. The summed E-state index contributed by atoms with van der Waals surface area (Å²) in [6.45, 7) is 5.03. The molecule has 0 spiro atoms. The fourth-order valence-electron chi connectivity index (χ4n) is 4.56. The number of rotatable bonds is 3. The molecule has 2 heterocycles. The van der Waals surface area contributed by atoms with Crippen LogP contribution in [0.15, 0.2) is 48.5 Å². The second-order valence-corrected chi connectivity index (χ2v) is 7.79. The normalized spacial score (nSPS) is 25.5. The number of benzene rings is 2. The Morgan fingerprint density at radius 2 is 1.92 bits per heavy atom. The molecule has 0 N–H and O–H groups in total. The Hall–Kier alpha value is -1.91. The van der Waals surface area contributed by atoms with Crippen molar-refractivity contribution in [1.82, 2.24) is 9.80 Å². The predicted molar refractivity (Wildman–Crippen MR) is 100 cm³/mol. The van der Waals surface area contributed by atoms with E-state index in [0.717, 1.165) is 25.2 Å². The van der Waals surface area contributed by atoms with E-state index in [1.807, 2.05) is 23.1 Å². The summed E-state index contributed by atoms with van der Waals surface area (Å²) < 4.78 is 13.3. The van der Waals surface area contributed by atoms with Crippen LogP contribution in [0.4, 0.5) is 4.39 Å². The van der Waals surface area contributed by atoms with Crippen LogP contribution in [-0.2, 0) is 11.3 Å². The van der Waals surface area contributed by atoms with Crippen molar-refractivity contribution in [3.63, 3.8) is 0 Å². The topological polar surface area (TPSA) is 23.6 Å². The maximum absolute atomic E-state index is 13.3. The van der Waals surface area contributed by atoms with Crippen molar-refractivity contribution in [3.05, 3.63) is 70.5 Å². The first-order valence-corrected chi connectivity index (χ1v) is 9.39. The SMILES string of the molecule is CC(=O)N1C[C@H]2CN(Cc3ccc(F)cc3Cl)C[C@H]2[C@H]1c1ccccc1. The summed E-state index contributed by atoms with van der Waals surface area (Å²) in [5.74, 6) is 0.712. The highest BCUT2D eigenvalue weighted by Gasteiger charge is 2.48. The van der Waals surface area contributed by atoms with Crippen LogP contribution in [0, 0.1) is 17.7 Å². The van der Waals surface area contributed by atoms with Crippen LogP contribution in [0.25, 0.3) is 0 Å². The van der Waals surface area contributed by atoms with Gasteiger partial charge >= 0.3 is 0 Å². The largest absolute Gasteiger partial charge is 0.335 e. The summed E-state index contributed by atoms with van der Waals surface area (Å²) in [4.78, 5) is 16.6. The van der Waals surface area contributed by atoms with Gasteiger partial charge in [-0.2, -0.15) is 0 Å². The fraction of sp³-hybridized carbons (Fsp3) is 0.381. The molecule has 0 unspecified atom stereocenters. The second kappa shape index (κ2) is 7.01. The van der Waals surface area contributed by atoms with E-state index in [4.69, 9.17) is 11.6 Å². The first-order chi connectivity index (χ1) is 12.5. The zero-order valence-corrected chi connectivity index (χ0v) is 15.5. The fourth-order valence-corrected chi connectivity index (χ4v) is 4.79. The standard InChI is InChI=1S/C21H22ClFN2O/c1-14(26)25-12-17-11-24(10-16-7-8-18(23)9-20(16)22)13-19(17)21(25)15-5-3-2-4-6-15/h2-9,17,19,21H,10-13H2,1H3/t17-,19-,21-/m1/s1. The lowest BCUT2D eigenvalue weighted by Gasteiger charge is -2.29. The highest BCUT2D eigenvalue weighted by molar-refractivity contribution is 6.31. The molecule has 3 nitrogen and oxygen atoms in total. The van der Waals surface area contributed by atoms with Crippen molar-refractivity contribution in [2.24, 2.45) is 11.8 Å². The molecule has 0 bridgehead atoms. The van der Waals surface area contributed by atoms with E-state index >= 15 is 0 Å². The van der Waals surface area contributed by atoms with Gasteiger partial charge in [-0.1, -0.05) is 48.0 Å². The number of halogens is 2. The monoisotopic (exact) mass is 372 g/mol.